The molecule has 2 nitrogen and oxygen atoms in total. The van der Waals surface area contributed by atoms with Gasteiger partial charge in [0.25, 0.3) is 0 Å². The first-order chi connectivity index (χ1) is 11.3. The summed E-state index contributed by atoms with van der Waals surface area (Å²) in [7, 11) is 0. The van der Waals surface area contributed by atoms with Crippen LogP contribution >= 0.6 is 12.4 Å². The lowest BCUT2D eigenvalue weighted by atomic mass is 9.95. The molecule has 0 bridgehead atoms. The van der Waals surface area contributed by atoms with Crippen LogP contribution in [0, 0.1) is 0 Å². The highest BCUT2D eigenvalue weighted by Crippen LogP contribution is 2.34. The van der Waals surface area contributed by atoms with Gasteiger partial charge in [0.15, 0.2) is 0 Å². The van der Waals surface area contributed by atoms with E-state index < -0.39 is 0 Å². The van der Waals surface area contributed by atoms with Crippen LogP contribution in [0.4, 0.5) is 0 Å². The molecule has 0 heterocycles. The molecule has 0 saturated heterocycles. The van der Waals surface area contributed by atoms with Gasteiger partial charge in [-0.3, -0.25) is 0 Å². The highest BCUT2D eigenvalue weighted by atomic mass is 35.5. The molecule has 0 N–H and O–H groups in total. The van der Waals surface area contributed by atoms with Gasteiger partial charge in [-0.1, -0.05) is 64.3 Å². The van der Waals surface area contributed by atoms with Crippen molar-refractivity contribution < 1.29 is 4.74 Å². The average Bonchev–Trinajstić information content (AvgIpc) is 3.13. The molecule has 1 fully saturated rings. The molecule has 0 amide bonds. The van der Waals surface area contributed by atoms with Gasteiger partial charge in [-0.05, 0) is 49.4 Å². The van der Waals surface area contributed by atoms with Gasteiger partial charge in [0.2, 0.25) is 0 Å². The van der Waals surface area contributed by atoms with Crippen molar-refractivity contribution in [2.75, 3.05) is 26.2 Å². The number of halogens is 1. The second-order valence-corrected chi connectivity index (χ2v) is 6.85. The molecular formula is C21H36ClNO. The number of benzene rings is 1. The van der Waals surface area contributed by atoms with Crippen molar-refractivity contribution in [3.63, 3.8) is 0 Å². The molecular weight excluding hydrogens is 318 g/mol. The summed E-state index contributed by atoms with van der Waals surface area (Å²) in [5, 5.41) is 0. The van der Waals surface area contributed by atoms with Crippen molar-refractivity contribution in [2.45, 2.75) is 71.3 Å². The van der Waals surface area contributed by atoms with Crippen LogP contribution in [0.2, 0.25) is 0 Å². The molecule has 24 heavy (non-hydrogen) atoms. The minimum absolute atomic E-state index is 0. The van der Waals surface area contributed by atoms with Crippen molar-refractivity contribution in [1.82, 2.24) is 4.90 Å². The van der Waals surface area contributed by atoms with Gasteiger partial charge in [-0.2, -0.15) is 0 Å². The minimum Gasteiger partial charge on any atom is -0.372 e. The van der Waals surface area contributed by atoms with Gasteiger partial charge in [-0.25, -0.2) is 0 Å². The molecule has 1 unspecified atom stereocenters. The van der Waals surface area contributed by atoms with Crippen LogP contribution in [0.25, 0.3) is 0 Å². The molecule has 138 valence electrons. The van der Waals surface area contributed by atoms with E-state index in [0.29, 0.717) is 0 Å². The normalized spacial score (nSPS) is 16.3. The Labute approximate surface area is 155 Å². The fraction of sp³-hybridized carbons (Fsp3) is 0.714. The van der Waals surface area contributed by atoms with E-state index >= 15 is 0 Å². The van der Waals surface area contributed by atoms with E-state index in [2.05, 4.69) is 49.9 Å². The summed E-state index contributed by atoms with van der Waals surface area (Å²) in [5.41, 5.74) is 2.87. The topological polar surface area (TPSA) is 12.5 Å². The molecule has 1 saturated carbocycles. The van der Waals surface area contributed by atoms with Crippen LogP contribution in [-0.2, 0) is 4.74 Å². The molecule has 1 aliphatic rings. The number of nitrogens with zero attached hydrogens (tertiary/aromatic N) is 1. The molecule has 1 aromatic rings. The largest absolute Gasteiger partial charge is 0.372 e. The molecule has 1 atom stereocenters. The third kappa shape index (κ3) is 6.38. The van der Waals surface area contributed by atoms with E-state index in [1.54, 1.807) is 0 Å². The molecule has 1 aliphatic carbocycles. The predicted molar refractivity (Wildman–Crippen MR) is 106 cm³/mol. The van der Waals surface area contributed by atoms with Gasteiger partial charge >= 0.3 is 0 Å². The molecule has 2 rings (SSSR count). The first-order valence-corrected chi connectivity index (χ1v) is 9.72. The SMILES string of the molecule is CCCCOC(CN(CC)CC)c1ccc(C2CCCC2)cc1.Cl. The predicted octanol–water partition coefficient (Wildman–Crippen LogP) is 5.97. The lowest BCUT2D eigenvalue weighted by Gasteiger charge is -2.26. The number of hydrogen-bond acceptors (Lipinski definition) is 2. The van der Waals surface area contributed by atoms with Crippen molar-refractivity contribution >= 4 is 12.4 Å². The lowest BCUT2D eigenvalue weighted by molar-refractivity contribution is 0.0254. The number of hydrogen-bond donors (Lipinski definition) is 0. The van der Waals surface area contributed by atoms with Crippen LogP contribution in [0.1, 0.15) is 82.4 Å². The van der Waals surface area contributed by atoms with Crippen molar-refractivity contribution in [3.8, 4) is 0 Å². The molecule has 0 aliphatic heterocycles. The van der Waals surface area contributed by atoms with E-state index in [4.69, 9.17) is 4.74 Å². The van der Waals surface area contributed by atoms with Gasteiger partial charge in [-0.15, -0.1) is 12.4 Å². The van der Waals surface area contributed by atoms with Crippen LogP contribution in [0.3, 0.4) is 0 Å². The maximum absolute atomic E-state index is 6.23. The van der Waals surface area contributed by atoms with Crippen molar-refractivity contribution in [1.29, 1.82) is 0 Å². The fourth-order valence-corrected chi connectivity index (χ4v) is 3.58. The number of unbranched alkanes of at least 4 members (excludes halogenated alkanes) is 1. The Hall–Kier alpha value is -0.570. The molecule has 0 spiro atoms. The summed E-state index contributed by atoms with van der Waals surface area (Å²) >= 11 is 0. The first-order valence-electron chi connectivity index (χ1n) is 9.72. The third-order valence-electron chi connectivity index (χ3n) is 5.27. The summed E-state index contributed by atoms with van der Waals surface area (Å²) in [6, 6.07) is 9.33. The van der Waals surface area contributed by atoms with Gasteiger partial charge in [0.05, 0.1) is 6.10 Å². The molecule has 0 aromatic heterocycles. The van der Waals surface area contributed by atoms with Crippen molar-refractivity contribution in [3.05, 3.63) is 35.4 Å². The highest BCUT2D eigenvalue weighted by Gasteiger charge is 2.19. The molecule has 3 heteroatoms. The second-order valence-electron chi connectivity index (χ2n) is 6.85. The summed E-state index contributed by atoms with van der Waals surface area (Å²) in [6.45, 7) is 10.7. The summed E-state index contributed by atoms with van der Waals surface area (Å²) in [4.78, 5) is 2.46. The zero-order valence-electron chi connectivity index (χ0n) is 15.8. The van der Waals surface area contributed by atoms with Crippen LogP contribution in [0.15, 0.2) is 24.3 Å². The Kier molecular flexibility index (Phi) is 10.6. The number of rotatable bonds is 10. The van der Waals surface area contributed by atoms with E-state index in [1.807, 2.05) is 0 Å². The van der Waals surface area contributed by atoms with Crippen LogP contribution in [-0.4, -0.2) is 31.1 Å². The van der Waals surface area contributed by atoms with Crippen LogP contribution < -0.4 is 0 Å². The van der Waals surface area contributed by atoms with Gasteiger partial charge in [0, 0.05) is 13.2 Å². The first kappa shape index (κ1) is 21.5. The Balaban J connectivity index is 0.00000288. The maximum Gasteiger partial charge on any atom is 0.0951 e. The Bertz CT molecular complexity index is 424. The third-order valence-corrected chi connectivity index (χ3v) is 5.27. The van der Waals surface area contributed by atoms with E-state index in [0.717, 1.165) is 38.6 Å². The smallest absolute Gasteiger partial charge is 0.0951 e. The van der Waals surface area contributed by atoms with E-state index in [-0.39, 0.29) is 18.5 Å². The number of ether oxygens (including phenoxy) is 1. The lowest BCUT2D eigenvalue weighted by Crippen LogP contribution is -2.29. The van der Waals surface area contributed by atoms with E-state index in [9.17, 15) is 0 Å². The maximum atomic E-state index is 6.23. The van der Waals surface area contributed by atoms with Gasteiger partial charge < -0.3 is 9.64 Å². The summed E-state index contributed by atoms with van der Waals surface area (Å²) in [6.07, 6.45) is 8.09. The monoisotopic (exact) mass is 353 g/mol. The molecule has 0 radical (unpaired) electrons. The average molecular weight is 354 g/mol. The Morgan fingerprint density at radius 1 is 1.04 bits per heavy atom. The summed E-state index contributed by atoms with van der Waals surface area (Å²) < 4.78 is 6.23. The molecule has 1 aromatic carbocycles. The van der Waals surface area contributed by atoms with Crippen molar-refractivity contribution in [2.24, 2.45) is 0 Å². The second kappa shape index (κ2) is 11.9. The fourth-order valence-electron chi connectivity index (χ4n) is 3.58. The summed E-state index contributed by atoms with van der Waals surface area (Å²) in [5.74, 6) is 0.797. The quantitative estimate of drug-likeness (QED) is 0.481. The highest BCUT2D eigenvalue weighted by molar-refractivity contribution is 5.85. The van der Waals surface area contributed by atoms with Gasteiger partial charge in [0.1, 0.15) is 0 Å². The zero-order chi connectivity index (χ0) is 16.5. The van der Waals surface area contributed by atoms with Crippen LogP contribution in [0.5, 0.6) is 0 Å². The Morgan fingerprint density at radius 2 is 1.67 bits per heavy atom. The standard InChI is InChI=1S/C21H35NO.ClH/c1-4-7-16-23-21(17-22(5-2)6-3)20-14-12-19(13-15-20)18-10-8-9-11-18;/h12-15,18,21H,4-11,16-17H2,1-3H3;1H. The minimum atomic E-state index is 0. The Morgan fingerprint density at radius 3 is 2.21 bits per heavy atom. The zero-order valence-corrected chi connectivity index (χ0v) is 16.6. The van der Waals surface area contributed by atoms with E-state index in [1.165, 1.54) is 43.2 Å². The number of likely N-dealkylation sites (N-methyl/N-ethyl adjacent to an activating group) is 1.